The SMILES string of the molecule is O=C(NC[C@@H]1CCCO1)[C@@H]1CC(=O)N(C2CCCCC2)C1. The summed E-state index contributed by atoms with van der Waals surface area (Å²) in [6, 6.07) is 0.377. The van der Waals surface area contributed by atoms with Crippen molar-refractivity contribution in [3.63, 3.8) is 0 Å². The molecule has 3 fully saturated rings. The Morgan fingerprint density at radius 3 is 2.71 bits per heavy atom. The van der Waals surface area contributed by atoms with E-state index < -0.39 is 0 Å². The van der Waals surface area contributed by atoms with E-state index in [-0.39, 0.29) is 23.8 Å². The highest BCUT2D eigenvalue weighted by Crippen LogP contribution is 2.28. The summed E-state index contributed by atoms with van der Waals surface area (Å²) in [6.07, 6.45) is 8.58. The minimum absolute atomic E-state index is 0.0251. The van der Waals surface area contributed by atoms with Crippen molar-refractivity contribution in [1.29, 1.82) is 0 Å². The Hall–Kier alpha value is -1.10. The fourth-order valence-corrected chi connectivity index (χ4v) is 3.82. The van der Waals surface area contributed by atoms with Crippen LogP contribution in [0, 0.1) is 5.92 Å². The van der Waals surface area contributed by atoms with E-state index >= 15 is 0 Å². The topological polar surface area (TPSA) is 58.6 Å². The van der Waals surface area contributed by atoms with E-state index in [0.29, 0.717) is 25.6 Å². The van der Waals surface area contributed by atoms with Gasteiger partial charge in [0.25, 0.3) is 0 Å². The maximum Gasteiger partial charge on any atom is 0.225 e. The van der Waals surface area contributed by atoms with E-state index in [2.05, 4.69) is 5.32 Å². The highest BCUT2D eigenvalue weighted by atomic mass is 16.5. The second-order valence-electron chi connectivity index (χ2n) is 6.62. The molecule has 0 aromatic rings. The molecule has 21 heavy (non-hydrogen) atoms. The smallest absolute Gasteiger partial charge is 0.225 e. The summed E-state index contributed by atoms with van der Waals surface area (Å²) in [5.74, 6) is 0.0251. The number of likely N-dealkylation sites (tertiary alicyclic amines) is 1. The van der Waals surface area contributed by atoms with Crippen LogP contribution in [0.2, 0.25) is 0 Å². The van der Waals surface area contributed by atoms with Crippen LogP contribution in [0.3, 0.4) is 0 Å². The first-order valence-corrected chi connectivity index (χ1v) is 8.43. The molecular weight excluding hydrogens is 268 g/mol. The molecule has 1 aliphatic carbocycles. The molecule has 2 aliphatic heterocycles. The van der Waals surface area contributed by atoms with Crippen molar-refractivity contribution in [2.75, 3.05) is 19.7 Å². The van der Waals surface area contributed by atoms with Gasteiger partial charge in [-0.3, -0.25) is 9.59 Å². The average Bonchev–Trinajstić information content (AvgIpc) is 3.15. The van der Waals surface area contributed by atoms with Crippen molar-refractivity contribution in [1.82, 2.24) is 10.2 Å². The molecule has 118 valence electrons. The first-order valence-electron chi connectivity index (χ1n) is 8.43. The number of hydrogen-bond acceptors (Lipinski definition) is 3. The number of nitrogens with zero attached hydrogens (tertiary/aromatic N) is 1. The molecule has 2 saturated heterocycles. The Balaban J connectivity index is 1.47. The monoisotopic (exact) mass is 294 g/mol. The number of rotatable bonds is 4. The molecule has 0 unspecified atom stereocenters. The van der Waals surface area contributed by atoms with Gasteiger partial charge in [-0.2, -0.15) is 0 Å². The predicted molar refractivity (Wildman–Crippen MR) is 78.7 cm³/mol. The van der Waals surface area contributed by atoms with E-state index in [4.69, 9.17) is 4.74 Å². The van der Waals surface area contributed by atoms with Gasteiger partial charge < -0.3 is 15.0 Å². The Labute approximate surface area is 126 Å². The lowest BCUT2D eigenvalue weighted by Crippen LogP contribution is -2.40. The van der Waals surface area contributed by atoms with Crippen LogP contribution < -0.4 is 5.32 Å². The van der Waals surface area contributed by atoms with E-state index in [1.165, 1.54) is 19.3 Å². The zero-order valence-electron chi connectivity index (χ0n) is 12.7. The highest BCUT2D eigenvalue weighted by Gasteiger charge is 2.38. The summed E-state index contributed by atoms with van der Waals surface area (Å²) in [5.41, 5.74) is 0. The van der Waals surface area contributed by atoms with Crippen molar-refractivity contribution in [3.05, 3.63) is 0 Å². The van der Waals surface area contributed by atoms with Crippen molar-refractivity contribution in [3.8, 4) is 0 Å². The van der Waals surface area contributed by atoms with E-state index in [0.717, 1.165) is 32.3 Å². The Morgan fingerprint density at radius 1 is 1.19 bits per heavy atom. The standard InChI is InChI=1S/C16H26N2O3/c19-15-9-12(11-18(15)13-5-2-1-3-6-13)16(20)17-10-14-7-4-8-21-14/h12-14H,1-11H2,(H,17,20)/t12-,14+/m1/s1. The van der Waals surface area contributed by atoms with Gasteiger partial charge in [0.1, 0.15) is 0 Å². The molecule has 3 rings (SSSR count). The fraction of sp³-hybridized carbons (Fsp3) is 0.875. The number of hydrogen-bond donors (Lipinski definition) is 1. The molecule has 1 N–H and O–H groups in total. The van der Waals surface area contributed by atoms with Gasteiger partial charge in [0.05, 0.1) is 12.0 Å². The molecule has 0 radical (unpaired) electrons. The Morgan fingerprint density at radius 2 is 2.00 bits per heavy atom. The first kappa shape index (κ1) is 14.8. The van der Waals surface area contributed by atoms with Crippen LogP contribution in [0.25, 0.3) is 0 Å². The second kappa shape index (κ2) is 6.77. The number of ether oxygens (including phenoxy) is 1. The van der Waals surface area contributed by atoms with Gasteiger partial charge in [-0.05, 0) is 25.7 Å². The third-order valence-corrected chi connectivity index (χ3v) is 5.07. The van der Waals surface area contributed by atoms with Gasteiger partial charge in [0.2, 0.25) is 11.8 Å². The molecule has 0 aromatic heterocycles. The van der Waals surface area contributed by atoms with E-state index in [9.17, 15) is 9.59 Å². The van der Waals surface area contributed by atoms with Crippen LogP contribution in [-0.4, -0.2) is 48.6 Å². The molecule has 2 atom stereocenters. The van der Waals surface area contributed by atoms with Crippen LogP contribution in [0.5, 0.6) is 0 Å². The molecular formula is C16H26N2O3. The summed E-state index contributed by atoms with van der Waals surface area (Å²) in [7, 11) is 0. The second-order valence-corrected chi connectivity index (χ2v) is 6.62. The van der Waals surface area contributed by atoms with Gasteiger partial charge in [0, 0.05) is 32.2 Å². The molecule has 5 heteroatoms. The molecule has 0 bridgehead atoms. The van der Waals surface area contributed by atoms with Crippen molar-refractivity contribution in [2.24, 2.45) is 5.92 Å². The molecule has 0 aromatic carbocycles. The van der Waals surface area contributed by atoms with Crippen molar-refractivity contribution in [2.45, 2.75) is 63.5 Å². The lowest BCUT2D eigenvalue weighted by Gasteiger charge is -2.31. The van der Waals surface area contributed by atoms with Gasteiger partial charge in [-0.25, -0.2) is 0 Å². The minimum Gasteiger partial charge on any atom is -0.376 e. The Kier molecular flexibility index (Phi) is 4.78. The number of carbonyl (C=O) groups excluding carboxylic acids is 2. The maximum absolute atomic E-state index is 12.2. The third kappa shape index (κ3) is 3.57. The normalized spacial score (nSPS) is 30.9. The molecule has 3 aliphatic rings. The van der Waals surface area contributed by atoms with Crippen LogP contribution in [0.4, 0.5) is 0 Å². The third-order valence-electron chi connectivity index (χ3n) is 5.07. The number of nitrogens with one attached hydrogen (secondary N) is 1. The zero-order chi connectivity index (χ0) is 14.7. The van der Waals surface area contributed by atoms with Crippen molar-refractivity contribution < 1.29 is 14.3 Å². The first-order chi connectivity index (χ1) is 10.2. The fourth-order valence-electron chi connectivity index (χ4n) is 3.82. The molecule has 5 nitrogen and oxygen atoms in total. The summed E-state index contributed by atoms with van der Waals surface area (Å²) in [4.78, 5) is 26.4. The lowest BCUT2D eigenvalue weighted by molar-refractivity contribution is -0.130. The summed E-state index contributed by atoms with van der Waals surface area (Å²) in [5, 5.41) is 2.97. The maximum atomic E-state index is 12.2. The van der Waals surface area contributed by atoms with Crippen molar-refractivity contribution >= 4 is 11.8 Å². The highest BCUT2D eigenvalue weighted by molar-refractivity contribution is 5.89. The van der Waals surface area contributed by atoms with Gasteiger partial charge in [-0.15, -0.1) is 0 Å². The summed E-state index contributed by atoms with van der Waals surface area (Å²) >= 11 is 0. The predicted octanol–water partition coefficient (Wildman–Crippen LogP) is 1.46. The molecule has 2 heterocycles. The minimum atomic E-state index is -0.166. The van der Waals surface area contributed by atoms with E-state index in [1.54, 1.807) is 0 Å². The number of amides is 2. The van der Waals surface area contributed by atoms with Crippen LogP contribution in [0.1, 0.15) is 51.4 Å². The van der Waals surface area contributed by atoms with Crippen LogP contribution >= 0.6 is 0 Å². The van der Waals surface area contributed by atoms with E-state index in [1.807, 2.05) is 4.90 Å². The summed E-state index contributed by atoms with van der Waals surface area (Å²) in [6.45, 7) is 2.01. The van der Waals surface area contributed by atoms with Gasteiger partial charge >= 0.3 is 0 Å². The number of carbonyl (C=O) groups is 2. The lowest BCUT2D eigenvalue weighted by atomic mass is 9.94. The van der Waals surface area contributed by atoms with Gasteiger partial charge in [0.15, 0.2) is 0 Å². The molecule has 0 spiro atoms. The Bertz CT molecular complexity index is 387. The quantitative estimate of drug-likeness (QED) is 0.854. The largest absolute Gasteiger partial charge is 0.376 e. The summed E-state index contributed by atoms with van der Waals surface area (Å²) < 4.78 is 5.51. The zero-order valence-corrected chi connectivity index (χ0v) is 12.7. The van der Waals surface area contributed by atoms with Crippen LogP contribution in [-0.2, 0) is 14.3 Å². The average molecular weight is 294 g/mol. The van der Waals surface area contributed by atoms with Gasteiger partial charge in [-0.1, -0.05) is 19.3 Å². The molecule has 2 amide bonds. The molecule has 1 saturated carbocycles. The van der Waals surface area contributed by atoms with Crippen LogP contribution in [0.15, 0.2) is 0 Å².